The topological polar surface area (TPSA) is 80.5 Å². The molecule has 3 aromatic heterocycles. The van der Waals surface area contributed by atoms with E-state index in [0.29, 0.717) is 34.3 Å². The van der Waals surface area contributed by atoms with E-state index in [2.05, 4.69) is 59.2 Å². The molecular weight excluding hydrogens is 639 g/mol. The van der Waals surface area contributed by atoms with E-state index in [4.69, 9.17) is 19.4 Å². The first-order chi connectivity index (χ1) is 25.7. The smallest absolute Gasteiger partial charge is 0.166 e. The number of hydrogen-bond acceptors (Lipinski definition) is 5. The van der Waals surface area contributed by atoms with Gasteiger partial charge in [-0.1, -0.05) is 127 Å². The predicted molar refractivity (Wildman–Crippen MR) is 208 cm³/mol. The first-order valence-electron chi connectivity index (χ1n) is 17.1. The summed E-state index contributed by atoms with van der Waals surface area (Å²) in [6.07, 6.45) is 0. The normalized spacial score (nSPS) is 11.4. The zero-order chi connectivity index (χ0) is 34.6. The summed E-state index contributed by atoms with van der Waals surface area (Å²) in [5.74, 6) is 1.56. The summed E-state index contributed by atoms with van der Waals surface area (Å²) in [7, 11) is 0. The molecular formula is C46H27N5O. The van der Waals surface area contributed by atoms with Crippen LogP contribution in [0, 0.1) is 11.3 Å². The van der Waals surface area contributed by atoms with Gasteiger partial charge in [-0.3, -0.25) is 0 Å². The van der Waals surface area contributed by atoms with Crippen LogP contribution in [0.5, 0.6) is 0 Å². The highest BCUT2D eigenvalue weighted by Crippen LogP contribution is 2.43. The molecule has 0 N–H and O–H groups in total. The molecule has 0 atom stereocenters. The van der Waals surface area contributed by atoms with Crippen molar-refractivity contribution in [3.63, 3.8) is 0 Å². The fraction of sp³-hybridized carbons (Fsp3) is 0. The van der Waals surface area contributed by atoms with Crippen molar-refractivity contribution in [2.75, 3.05) is 0 Å². The third kappa shape index (κ3) is 4.68. The van der Waals surface area contributed by atoms with Crippen LogP contribution in [0.2, 0.25) is 0 Å². The minimum atomic E-state index is 0.465. The van der Waals surface area contributed by atoms with Crippen molar-refractivity contribution in [1.82, 2.24) is 19.5 Å². The Morgan fingerprint density at radius 1 is 0.481 bits per heavy atom. The summed E-state index contributed by atoms with van der Waals surface area (Å²) >= 11 is 0. The van der Waals surface area contributed by atoms with Gasteiger partial charge in [0.1, 0.15) is 17.2 Å². The standard InChI is InChI=1S/C46H27N5O/c47-28-33-26-32(29-14-4-1-5-15-29)27-37(46-49-44(30-16-6-2-7-17-30)48-45(50-46)31-18-8-3-9-19-31)42(33)51-38-22-12-10-21-36(38)41-39(51)25-24-35-34-20-11-13-23-40(34)52-43(35)41/h1-27H. The van der Waals surface area contributed by atoms with E-state index in [-0.39, 0.29) is 0 Å². The second-order valence-electron chi connectivity index (χ2n) is 12.7. The Kier molecular flexibility index (Phi) is 6.76. The van der Waals surface area contributed by atoms with Gasteiger partial charge in [-0.15, -0.1) is 0 Å². The molecule has 52 heavy (non-hydrogen) atoms. The zero-order valence-electron chi connectivity index (χ0n) is 27.7. The van der Waals surface area contributed by atoms with Gasteiger partial charge in [-0.2, -0.15) is 5.26 Å². The van der Waals surface area contributed by atoms with Crippen molar-refractivity contribution >= 4 is 43.7 Å². The highest BCUT2D eigenvalue weighted by molar-refractivity contribution is 6.24. The third-order valence-electron chi connectivity index (χ3n) is 9.68. The first kappa shape index (κ1) is 29.5. The van der Waals surface area contributed by atoms with Crippen LogP contribution in [0.15, 0.2) is 168 Å². The molecule has 0 spiro atoms. The molecule has 0 bridgehead atoms. The van der Waals surface area contributed by atoms with Crippen LogP contribution in [0.1, 0.15) is 5.56 Å². The average Bonchev–Trinajstić information content (AvgIpc) is 3.77. The zero-order valence-corrected chi connectivity index (χ0v) is 27.7. The van der Waals surface area contributed by atoms with Gasteiger partial charge in [0.2, 0.25) is 0 Å². The molecule has 0 aliphatic carbocycles. The molecule has 3 heterocycles. The number of fused-ring (bicyclic) bond motifs is 7. The molecule has 7 aromatic carbocycles. The summed E-state index contributed by atoms with van der Waals surface area (Å²) in [5, 5.41) is 15.1. The number of nitrogens with zero attached hydrogens (tertiary/aromatic N) is 5. The molecule has 0 saturated heterocycles. The average molecular weight is 666 g/mol. The van der Waals surface area contributed by atoms with Crippen molar-refractivity contribution in [3.05, 3.63) is 169 Å². The van der Waals surface area contributed by atoms with Gasteiger partial charge in [0.05, 0.1) is 27.7 Å². The lowest BCUT2D eigenvalue weighted by Crippen LogP contribution is -2.06. The Hall–Kier alpha value is -7.36. The number of rotatable bonds is 5. The quantitative estimate of drug-likeness (QED) is 0.183. The molecule has 0 unspecified atom stereocenters. The van der Waals surface area contributed by atoms with Gasteiger partial charge >= 0.3 is 0 Å². The number of benzene rings is 7. The van der Waals surface area contributed by atoms with Crippen molar-refractivity contribution in [1.29, 1.82) is 5.26 Å². The van der Waals surface area contributed by atoms with Crippen LogP contribution in [0.25, 0.3) is 94.7 Å². The number of nitriles is 1. The summed E-state index contributed by atoms with van der Waals surface area (Å²) in [6, 6.07) is 57.3. The van der Waals surface area contributed by atoms with Crippen LogP contribution in [0.4, 0.5) is 0 Å². The van der Waals surface area contributed by atoms with Crippen LogP contribution >= 0.6 is 0 Å². The number of para-hydroxylation sites is 2. The van der Waals surface area contributed by atoms with E-state index in [1.54, 1.807) is 0 Å². The van der Waals surface area contributed by atoms with E-state index >= 15 is 0 Å². The lowest BCUT2D eigenvalue weighted by Gasteiger charge is -2.18. The largest absolute Gasteiger partial charge is 0.455 e. The maximum absolute atomic E-state index is 11.0. The third-order valence-corrected chi connectivity index (χ3v) is 9.68. The van der Waals surface area contributed by atoms with Crippen molar-refractivity contribution in [3.8, 4) is 57.0 Å². The van der Waals surface area contributed by atoms with Gasteiger partial charge in [0.25, 0.3) is 0 Å². The molecule has 242 valence electrons. The Morgan fingerprint density at radius 3 is 1.73 bits per heavy atom. The predicted octanol–water partition coefficient (Wildman–Crippen LogP) is 11.4. The Labute approximate surface area is 298 Å². The molecule has 10 rings (SSSR count). The Morgan fingerprint density at radius 2 is 1.06 bits per heavy atom. The van der Waals surface area contributed by atoms with Crippen LogP contribution < -0.4 is 0 Å². The minimum Gasteiger partial charge on any atom is -0.455 e. The van der Waals surface area contributed by atoms with E-state index < -0.39 is 0 Å². The second kappa shape index (κ2) is 11.9. The molecule has 0 aliphatic rings. The van der Waals surface area contributed by atoms with E-state index in [0.717, 1.165) is 66.0 Å². The molecule has 0 saturated carbocycles. The number of furan rings is 1. The molecule has 10 aromatic rings. The van der Waals surface area contributed by atoms with Gasteiger partial charge in [-0.25, -0.2) is 15.0 Å². The Balaban J connectivity index is 1.35. The van der Waals surface area contributed by atoms with Crippen molar-refractivity contribution in [2.24, 2.45) is 0 Å². The van der Waals surface area contributed by atoms with Gasteiger partial charge in [-0.05, 0) is 47.5 Å². The molecule has 0 radical (unpaired) electrons. The van der Waals surface area contributed by atoms with Crippen LogP contribution in [-0.4, -0.2) is 19.5 Å². The van der Waals surface area contributed by atoms with Crippen molar-refractivity contribution < 1.29 is 4.42 Å². The van der Waals surface area contributed by atoms with Crippen LogP contribution in [0.3, 0.4) is 0 Å². The lowest BCUT2D eigenvalue weighted by atomic mass is 9.97. The maximum atomic E-state index is 11.0. The molecule has 0 amide bonds. The number of aromatic nitrogens is 4. The number of hydrogen-bond donors (Lipinski definition) is 0. The summed E-state index contributed by atoms with van der Waals surface area (Å²) in [5.41, 5.74) is 9.00. The van der Waals surface area contributed by atoms with Gasteiger partial charge < -0.3 is 8.98 Å². The second-order valence-corrected chi connectivity index (χ2v) is 12.7. The van der Waals surface area contributed by atoms with E-state index in [1.807, 2.05) is 115 Å². The van der Waals surface area contributed by atoms with Crippen LogP contribution in [-0.2, 0) is 0 Å². The maximum Gasteiger partial charge on any atom is 0.166 e. The fourth-order valence-corrected chi connectivity index (χ4v) is 7.33. The molecule has 6 heteroatoms. The Bertz CT molecular complexity index is 2960. The first-order valence-corrected chi connectivity index (χ1v) is 17.1. The molecule has 0 aliphatic heterocycles. The van der Waals surface area contributed by atoms with Gasteiger partial charge in [0.15, 0.2) is 17.5 Å². The summed E-state index contributed by atoms with van der Waals surface area (Å²) < 4.78 is 8.76. The van der Waals surface area contributed by atoms with E-state index in [9.17, 15) is 5.26 Å². The minimum absolute atomic E-state index is 0.465. The fourth-order valence-electron chi connectivity index (χ4n) is 7.33. The summed E-state index contributed by atoms with van der Waals surface area (Å²) in [6.45, 7) is 0. The highest BCUT2D eigenvalue weighted by Gasteiger charge is 2.25. The van der Waals surface area contributed by atoms with Gasteiger partial charge in [0, 0.05) is 32.8 Å². The molecule has 6 nitrogen and oxygen atoms in total. The molecule has 0 fully saturated rings. The van der Waals surface area contributed by atoms with Crippen molar-refractivity contribution in [2.45, 2.75) is 0 Å². The lowest BCUT2D eigenvalue weighted by molar-refractivity contribution is 0.673. The summed E-state index contributed by atoms with van der Waals surface area (Å²) in [4.78, 5) is 15.3. The van der Waals surface area contributed by atoms with E-state index in [1.165, 1.54) is 0 Å². The highest BCUT2D eigenvalue weighted by atomic mass is 16.3. The SMILES string of the molecule is N#Cc1cc(-c2ccccc2)cc(-c2nc(-c3ccccc3)nc(-c3ccccc3)n2)c1-n1c2ccccc2c2c3oc4ccccc4c3ccc21. The monoisotopic (exact) mass is 665 g/mol.